The summed E-state index contributed by atoms with van der Waals surface area (Å²) in [7, 11) is 0. The molecule has 2 aliphatic heterocycles. The summed E-state index contributed by atoms with van der Waals surface area (Å²) in [6.07, 6.45) is 0. The first kappa shape index (κ1) is 23.9. The van der Waals surface area contributed by atoms with Crippen LogP contribution in [0.2, 0.25) is 0 Å². The lowest BCUT2D eigenvalue weighted by molar-refractivity contribution is -0.0201. The second kappa shape index (κ2) is 12.4. The van der Waals surface area contributed by atoms with Gasteiger partial charge in [0.05, 0.1) is 38.6 Å². The molecule has 8 heteroatoms. The highest BCUT2D eigenvalue weighted by atomic mass is 16.5. The Labute approximate surface area is 186 Å². The predicted octanol–water partition coefficient (Wildman–Crippen LogP) is 0.657. The Bertz CT molecular complexity index is 668. The maximum absolute atomic E-state index is 10.8. The van der Waals surface area contributed by atoms with Crippen LogP contribution in [0.15, 0.2) is 29.3 Å². The standard InChI is InChI=1S/C23H39N5O3/c1-3-24-22(26-18-23(2,29)19-28-10-14-31-15-11-28)25-16-20-4-6-21(7-5-20)17-27-8-12-30-13-9-27/h4-7,29H,3,8-19H2,1-2H3,(H2,24,25,26). The second-order valence-electron chi connectivity index (χ2n) is 8.64. The van der Waals surface area contributed by atoms with Crippen LogP contribution in [0.25, 0.3) is 0 Å². The molecule has 174 valence electrons. The monoisotopic (exact) mass is 433 g/mol. The number of nitrogens with one attached hydrogen (secondary N) is 2. The summed E-state index contributed by atoms with van der Waals surface area (Å²) >= 11 is 0. The first-order chi connectivity index (χ1) is 15.0. The Hall–Kier alpha value is -1.71. The SMILES string of the molecule is CCNC(=NCc1ccc(CN2CCOCC2)cc1)NCC(C)(O)CN1CCOCC1. The van der Waals surface area contributed by atoms with Crippen LogP contribution in [0.1, 0.15) is 25.0 Å². The van der Waals surface area contributed by atoms with Gasteiger partial charge in [-0.1, -0.05) is 24.3 Å². The maximum atomic E-state index is 10.8. The summed E-state index contributed by atoms with van der Waals surface area (Å²) in [6.45, 7) is 14.2. The molecule has 0 saturated carbocycles. The summed E-state index contributed by atoms with van der Waals surface area (Å²) in [5.74, 6) is 0.724. The Morgan fingerprint density at radius 3 is 2.16 bits per heavy atom. The van der Waals surface area contributed by atoms with E-state index in [1.807, 2.05) is 13.8 Å². The van der Waals surface area contributed by atoms with E-state index in [9.17, 15) is 5.11 Å². The number of morpholine rings is 2. The van der Waals surface area contributed by atoms with E-state index in [-0.39, 0.29) is 0 Å². The highest BCUT2D eigenvalue weighted by Crippen LogP contribution is 2.11. The average molecular weight is 434 g/mol. The third-order valence-corrected chi connectivity index (χ3v) is 5.60. The van der Waals surface area contributed by atoms with E-state index in [1.54, 1.807) is 0 Å². The fraction of sp³-hybridized carbons (Fsp3) is 0.696. The second-order valence-corrected chi connectivity index (χ2v) is 8.64. The molecular formula is C23H39N5O3. The molecule has 0 radical (unpaired) electrons. The average Bonchev–Trinajstić information content (AvgIpc) is 2.78. The third kappa shape index (κ3) is 8.74. The summed E-state index contributed by atoms with van der Waals surface area (Å²) in [5, 5.41) is 17.4. The first-order valence-electron chi connectivity index (χ1n) is 11.5. The van der Waals surface area contributed by atoms with Gasteiger partial charge in [-0.25, -0.2) is 4.99 Å². The number of β-amino-alcohol motifs (C(OH)–C–C–N with tert-alkyl or cyclic N) is 1. The Kier molecular flexibility index (Phi) is 9.54. The van der Waals surface area contributed by atoms with Gasteiger partial charge in [0.2, 0.25) is 0 Å². The van der Waals surface area contributed by atoms with Crippen LogP contribution in [-0.2, 0) is 22.6 Å². The molecule has 2 saturated heterocycles. The molecule has 0 aromatic heterocycles. The van der Waals surface area contributed by atoms with Gasteiger partial charge in [0.15, 0.2) is 5.96 Å². The third-order valence-electron chi connectivity index (χ3n) is 5.60. The quantitative estimate of drug-likeness (QED) is 0.390. The van der Waals surface area contributed by atoms with Crippen LogP contribution < -0.4 is 10.6 Å². The van der Waals surface area contributed by atoms with E-state index in [4.69, 9.17) is 14.5 Å². The first-order valence-corrected chi connectivity index (χ1v) is 11.5. The van der Waals surface area contributed by atoms with Crippen molar-refractivity contribution in [3.05, 3.63) is 35.4 Å². The van der Waals surface area contributed by atoms with Crippen LogP contribution in [0.3, 0.4) is 0 Å². The molecule has 1 aromatic carbocycles. The summed E-state index contributed by atoms with van der Waals surface area (Å²) in [4.78, 5) is 9.37. The highest BCUT2D eigenvalue weighted by Gasteiger charge is 2.25. The van der Waals surface area contributed by atoms with Crippen molar-refractivity contribution in [2.45, 2.75) is 32.5 Å². The number of rotatable bonds is 9. The topological polar surface area (TPSA) is 81.6 Å². The number of benzene rings is 1. The normalized spacial score (nSPS) is 20.9. The van der Waals surface area contributed by atoms with Crippen LogP contribution in [-0.4, -0.2) is 98.7 Å². The van der Waals surface area contributed by atoms with Crippen molar-refractivity contribution in [1.29, 1.82) is 0 Å². The smallest absolute Gasteiger partial charge is 0.191 e. The van der Waals surface area contributed by atoms with Crippen LogP contribution in [0.4, 0.5) is 0 Å². The molecule has 0 amide bonds. The molecule has 2 aliphatic rings. The molecule has 1 unspecified atom stereocenters. The molecule has 3 rings (SSSR count). The van der Waals surface area contributed by atoms with E-state index in [2.05, 4.69) is 44.7 Å². The lowest BCUT2D eigenvalue weighted by Gasteiger charge is -2.34. The fourth-order valence-corrected chi connectivity index (χ4v) is 3.85. The number of hydrogen-bond acceptors (Lipinski definition) is 6. The number of nitrogens with zero attached hydrogens (tertiary/aromatic N) is 3. The van der Waals surface area contributed by atoms with Gasteiger partial charge in [-0.05, 0) is 25.0 Å². The highest BCUT2D eigenvalue weighted by molar-refractivity contribution is 5.79. The van der Waals surface area contributed by atoms with Gasteiger partial charge in [0, 0.05) is 52.4 Å². The largest absolute Gasteiger partial charge is 0.387 e. The zero-order chi connectivity index (χ0) is 21.9. The van der Waals surface area contributed by atoms with Crippen molar-refractivity contribution in [2.75, 3.05) is 72.2 Å². The van der Waals surface area contributed by atoms with E-state index < -0.39 is 5.60 Å². The van der Waals surface area contributed by atoms with Crippen LogP contribution >= 0.6 is 0 Å². The molecular weight excluding hydrogens is 394 g/mol. The zero-order valence-corrected chi connectivity index (χ0v) is 19.1. The van der Waals surface area contributed by atoms with Crippen molar-refractivity contribution in [3.8, 4) is 0 Å². The van der Waals surface area contributed by atoms with E-state index in [0.29, 0.717) is 19.6 Å². The lowest BCUT2D eigenvalue weighted by Crippen LogP contribution is -2.52. The number of aliphatic hydroxyl groups is 1. The van der Waals surface area contributed by atoms with Crippen LogP contribution in [0.5, 0.6) is 0 Å². The molecule has 0 bridgehead atoms. The Balaban J connectivity index is 1.47. The number of hydrogen-bond donors (Lipinski definition) is 3. The molecule has 2 fully saturated rings. The molecule has 1 aromatic rings. The van der Waals surface area contributed by atoms with Crippen LogP contribution in [0, 0.1) is 0 Å². The van der Waals surface area contributed by atoms with E-state index in [1.165, 1.54) is 11.1 Å². The molecule has 1 atom stereocenters. The fourth-order valence-electron chi connectivity index (χ4n) is 3.85. The lowest BCUT2D eigenvalue weighted by atomic mass is 10.1. The van der Waals surface area contributed by atoms with Crippen molar-refractivity contribution in [1.82, 2.24) is 20.4 Å². The number of aliphatic imine (C=N–C) groups is 1. The minimum atomic E-state index is -0.839. The zero-order valence-electron chi connectivity index (χ0n) is 19.1. The van der Waals surface area contributed by atoms with E-state index >= 15 is 0 Å². The van der Waals surface area contributed by atoms with Gasteiger partial charge in [0.1, 0.15) is 0 Å². The van der Waals surface area contributed by atoms with Gasteiger partial charge >= 0.3 is 0 Å². The molecule has 0 aliphatic carbocycles. The Morgan fingerprint density at radius 1 is 0.968 bits per heavy atom. The Morgan fingerprint density at radius 2 is 1.55 bits per heavy atom. The van der Waals surface area contributed by atoms with Gasteiger partial charge in [-0.15, -0.1) is 0 Å². The number of ether oxygens (including phenoxy) is 2. The van der Waals surface area contributed by atoms with Gasteiger partial charge < -0.3 is 25.2 Å². The molecule has 31 heavy (non-hydrogen) atoms. The summed E-state index contributed by atoms with van der Waals surface area (Å²) in [5.41, 5.74) is 1.65. The summed E-state index contributed by atoms with van der Waals surface area (Å²) < 4.78 is 10.8. The van der Waals surface area contributed by atoms with Crippen molar-refractivity contribution in [3.63, 3.8) is 0 Å². The van der Waals surface area contributed by atoms with Crippen molar-refractivity contribution >= 4 is 5.96 Å². The predicted molar refractivity (Wildman–Crippen MR) is 123 cm³/mol. The maximum Gasteiger partial charge on any atom is 0.191 e. The van der Waals surface area contributed by atoms with Crippen molar-refractivity contribution in [2.24, 2.45) is 4.99 Å². The van der Waals surface area contributed by atoms with Gasteiger partial charge in [-0.3, -0.25) is 9.80 Å². The molecule has 0 spiro atoms. The minimum Gasteiger partial charge on any atom is -0.387 e. The summed E-state index contributed by atoms with van der Waals surface area (Å²) in [6, 6.07) is 8.68. The van der Waals surface area contributed by atoms with Gasteiger partial charge in [0.25, 0.3) is 0 Å². The van der Waals surface area contributed by atoms with E-state index in [0.717, 1.165) is 71.7 Å². The molecule has 8 nitrogen and oxygen atoms in total. The van der Waals surface area contributed by atoms with Gasteiger partial charge in [-0.2, -0.15) is 0 Å². The molecule has 2 heterocycles. The molecule has 3 N–H and O–H groups in total. The van der Waals surface area contributed by atoms with Crippen molar-refractivity contribution < 1.29 is 14.6 Å². The number of guanidine groups is 1. The minimum absolute atomic E-state index is 0.439.